The van der Waals surface area contributed by atoms with Crippen molar-refractivity contribution in [2.45, 2.75) is 32.6 Å². The first-order chi connectivity index (χ1) is 4.18. The zero-order valence-corrected chi connectivity index (χ0v) is 5.61. The molecule has 9 heavy (non-hydrogen) atoms. The Morgan fingerprint density at radius 3 is 2.33 bits per heavy atom. The fourth-order valence-corrected chi connectivity index (χ4v) is 1.51. The monoisotopic (exact) mass is 134 g/mol. The van der Waals surface area contributed by atoms with E-state index < -0.39 is 6.43 Å². The van der Waals surface area contributed by atoms with Crippen LogP contribution in [-0.4, -0.2) is 6.43 Å². The minimum atomic E-state index is -2.08. The van der Waals surface area contributed by atoms with Gasteiger partial charge in [-0.15, -0.1) is 0 Å². The maximum absolute atomic E-state index is 11.6. The standard InChI is InChI=1S/C7H12F2/c1-5-2-6(3-5)4-7(8)9/h5-7H,2-4H2,1H3. The zero-order valence-electron chi connectivity index (χ0n) is 5.61. The lowest BCUT2D eigenvalue weighted by molar-refractivity contribution is 0.0726. The Morgan fingerprint density at radius 2 is 2.00 bits per heavy atom. The van der Waals surface area contributed by atoms with Crippen molar-refractivity contribution in [2.24, 2.45) is 11.8 Å². The fraction of sp³-hybridized carbons (Fsp3) is 1.00. The van der Waals surface area contributed by atoms with Crippen LogP contribution in [0.5, 0.6) is 0 Å². The minimum absolute atomic E-state index is 0.129. The van der Waals surface area contributed by atoms with E-state index >= 15 is 0 Å². The molecule has 0 heterocycles. The molecular weight excluding hydrogens is 122 g/mol. The maximum atomic E-state index is 11.6. The van der Waals surface area contributed by atoms with E-state index in [1.54, 1.807) is 0 Å². The van der Waals surface area contributed by atoms with Crippen molar-refractivity contribution in [3.8, 4) is 0 Å². The predicted molar refractivity (Wildman–Crippen MR) is 32.5 cm³/mol. The summed E-state index contributed by atoms with van der Waals surface area (Å²) in [7, 11) is 0. The first-order valence-corrected chi connectivity index (χ1v) is 3.46. The summed E-state index contributed by atoms with van der Waals surface area (Å²) < 4.78 is 23.3. The van der Waals surface area contributed by atoms with Crippen molar-refractivity contribution in [3.05, 3.63) is 0 Å². The van der Waals surface area contributed by atoms with Gasteiger partial charge in [-0.2, -0.15) is 0 Å². The van der Waals surface area contributed by atoms with Gasteiger partial charge in [0.05, 0.1) is 0 Å². The summed E-state index contributed by atoms with van der Waals surface area (Å²) in [6.45, 7) is 2.11. The Labute approximate surface area is 54.3 Å². The van der Waals surface area contributed by atoms with E-state index in [0.29, 0.717) is 11.8 Å². The third kappa shape index (κ3) is 1.92. The van der Waals surface area contributed by atoms with E-state index in [1.165, 1.54) is 0 Å². The summed E-state index contributed by atoms with van der Waals surface area (Å²) >= 11 is 0. The minimum Gasteiger partial charge on any atom is -0.211 e. The van der Waals surface area contributed by atoms with Gasteiger partial charge in [-0.1, -0.05) is 6.92 Å². The molecule has 0 aromatic heterocycles. The van der Waals surface area contributed by atoms with Gasteiger partial charge in [0.25, 0.3) is 0 Å². The molecule has 0 bridgehead atoms. The molecule has 1 saturated carbocycles. The van der Waals surface area contributed by atoms with Crippen molar-refractivity contribution in [2.75, 3.05) is 0 Å². The van der Waals surface area contributed by atoms with Gasteiger partial charge in [0.2, 0.25) is 6.43 Å². The first-order valence-electron chi connectivity index (χ1n) is 3.46. The van der Waals surface area contributed by atoms with Crippen LogP contribution in [0.1, 0.15) is 26.2 Å². The summed E-state index contributed by atoms with van der Waals surface area (Å²) in [4.78, 5) is 0. The lowest BCUT2D eigenvalue weighted by atomic mass is 9.74. The molecule has 0 nitrogen and oxygen atoms in total. The third-order valence-electron chi connectivity index (χ3n) is 1.98. The first kappa shape index (κ1) is 6.97. The van der Waals surface area contributed by atoms with Crippen LogP contribution in [0.3, 0.4) is 0 Å². The van der Waals surface area contributed by atoms with Crippen LogP contribution >= 0.6 is 0 Å². The van der Waals surface area contributed by atoms with Gasteiger partial charge in [-0.25, -0.2) is 8.78 Å². The predicted octanol–water partition coefficient (Wildman–Crippen LogP) is 2.69. The molecular formula is C7H12F2. The molecule has 1 aliphatic carbocycles. The fourth-order valence-electron chi connectivity index (χ4n) is 1.51. The normalized spacial score (nSPS) is 34.7. The van der Waals surface area contributed by atoms with Gasteiger partial charge in [-0.3, -0.25) is 0 Å². The molecule has 2 heteroatoms. The molecule has 0 saturated heterocycles. The van der Waals surface area contributed by atoms with Crippen molar-refractivity contribution in [1.82, 2.24) is 0 Å². The van der Waals surface area contributed by atoms with Crippen LogP contribution in [0.15, 0.2) is 0 Å². The van der Waals surface area contributed by atoms with Crippen LogP contribution in [0, 0.1) is 11.8 Å². The molecule has 0 spiro atoms. The second kappa shape index (κ2) is 2.63. The molecule has 0 amide bonds. The zero-order chi connectivity index (χ0) is 6.85. The van der Waals surface area contributed by atoms with E-state index in [1.807, 2.05) is 0 Å². The average Bonchev–Trinajstić information content (AvgIpc) is 1.60. The van der Waals surface area contributed by atoms with Crippen LogP contribution in [0.2, 0.25) is 0 Å². The molecule has 0 aromatic carbocycles. The summed E-state index contributed by atoms with van der Waals surface area (Å²) in [5, 5.41) is 0. The molecule has 0 unspecified atom stereocenters. The lowest BCUT2D eigenvalue weighted by Gasteiger charge is -2.32. The number of alkyl halides is 2. The lowest BCUT2D eigenvalue weighted by Crippen LogP contribution is -2.22. The molecule has 54 valence electrons. The molecule has 1 rings (SSSR count). The summed E-state index contributed by atoms with van der Waals surface area (Å²) in [6, 6.07) is 0. The second-order valence-corrected chi connectivity index (χ2v) is 3.07. The number of hydrogen-bond acceptors (Lipinski definition) is 0. The maximum Gasteiger partial charge on any atom is 0.238 e. The summed E-state index contributed by atoms with van der Waals surface area (Å²) in [6.07, 6.45) is 0.0847. The van der Waals surface area contributed by atoms with E-state index in [4.69, 9.17) is 0 Å². The largest absolute Gasteiger partial charge is 0.238 e. The van der Waals surface area contributed by atoms with Crippen molar-refractivity contribution >= 4 is 0 Å². The molecule has 1 aliphatic rings. The van der Waals surface area contributed by atoms with E-state index in [-0.39, 0.29) is 6.42 Å². The number of hydrogen-bond donors (Lipinski definition) is 0. The third-order valence-corrected chi connectivity index (χ3v) is 1.98. The highest BCUT2D eigenvalue weighted by molar-refractivity contribution is 4.76. The van der Waals surface area contributed by atoms with Crippen molar-refractivity contribution < 1.29 is 8.78 Å². The van der Waals surface area contributed by atoms with E-state index in [9.17, 15) is 8.78 Å². The molecule has 0 atom stereocenters. The quantitative estimate of drug-likeness (QED) is 0.544. The SMILES string of the molecule is CC1CC(CC(F)F)C1. The highest BCUT2D eigenvalue weighted by Gasteiger charge is 2.27. The van der Waals surface area contributed by atoms with Crippen LogP contribution < -0.4 is 0 Å². The van der Waals surface area contributed by atoms with Gasteiger partial charge in [0, 0.05) is 6.42 Å². The van der Waals surface area contributed by atoms with Gasteiger partial charge >= 0.3 is 0 Å². The van der Waals surface area contributed by atoms with Crippen LogP contribution in [-0.2, 0) is 0 Å². The Hall–Kier alpha value is -0.140. The van der Waals surface area contributed by atoms with Gasteiger partial charge in [0.1, 0.15) is 0 Å². The molecule has 0 N–H and O–H groups in total. The molecule has 0 aliphatic heterocycles. The Morgan fingerprint density at radius 1 is 1.44 bits per heavy atom. The number of halogens is 2. The van der Waals surface area contributed by atoms with E-state index in [2.05, 4.69) is 6.92 Å². The summed E-state index contributed by atoms with van der Waals surface area (Å²) in [5.41, 5.74) is 0. The highest BCUT2D eigenvalue weighted by Crippen LogP contribution is 2.36. The molecule has 0 aromatic rings. The van der Waals surface area contributed by atoms with Gasteiger partial charge in [-0.05, 0) is 24.7 Å². The average molecular weight is 134 g/mol. The smallest absolute Gasteiger partial charge is 0.211 e. The van der Waals surface area contributed by atoms with Crippen molar-refractivity contribution in [3.63, 3.8) is 0 Å². The Balaban J connectivity index is 2.04. The Bertz CT molecular complexity index is 84.9. The topological polar surface area (TPSA) is 0 Å². The second-order valence-electron chi connectivity index (χ2n) is 3.07. The van der Waals surface area contributed by atoms with Gasteiger partial charge < -0.3 is 0 Å². The van der Waals surface area contributed by atoms with Crippen LogP contribution in [0.4, 0.5) is 8.78 Å². The van der Waals surface area contributed by atoms with Gasteiger partial charge in [0.15, 0.2) is 0 Å². The summed E-state index contributed by atoms with van der Waals surface area (Å²) in [5.74, 6) is 1.04. The Kier molecular flexibility index (Phi) is 2.04. The molecule has 0 radical (unpaired) electrons. The van der Waals surface area contributed by atoms with Crippen molar-refractivity contribution in [1.29, 1.82) is 0 Å². The number of rotatable bonds is 2. The molecule has 1 fully saturated rings. The van der Waals surface area contributed by atoms with Crippen LogP contribution in [0.25, 0.3) is 0 Å². The van der Waals surface area contributed by atoms with E-state index in [0.717, 1.165) is 12.8 Å². The highest BCUT2D eigenvalue weighted by atomic mass is 19.3.